The number of nitrogens with zero attached hydrogens (tertiary/aromatic N) is 4. The molecule has 0 bridgehead atoms. The van der Waals surface area contributed by atoms with E-state index < -0.39 is 0 Å². The second kappa shape index (κ2) is 12.3. The van der Waals surface area contributed by atoms with Crippen LogP contribution >= 0.6 is 0 Å². The van der Waals surface area contributed by atoms with Crippen LogP contribution in [0.15, 0.2) is 0 Å². The number of piperidine rings is 2. The van der Waals surface area contributed by atoms with Gasteiger partial charge in [0.05, 0.1) is 66.7 Å². The molecule has 0 spiro atoms. The largest absolute Gasteiger partial charge is 0.378 e. The predicted molar refractivity (Wildman–Crippen MR) is 154 cm³/mol. The van der Waals surface area contributed by atoms with Gasteiger partial charge in [-0.05, 0) is 81.1 Å². The van der Waals surface area contributed by atoms with Crippen molar-refractivity contribution in [2.75, 3.05) is 67.6 Å². The van der Waals surface area contributed by atoms with Crippen LogP contribution in [0.2, 0.25) is 0 Å². The molecular formula is C30H64N4O4+2. The monoisotopic (exact) mass is 544 g/mol. The van der Waals surface area contributed by atoms with E-state index in [0.29, 0.717) is 0 Å². The summed E-state index contributed by atoms with van der Waals surface area (Å²) in [5, 5.41) is 24.1. The molecule has 0 aromatic heterocycles. The molecule has 226 valence electrons. The summed E-state index contributed by atoms with van der Waals surface area (Å²) < 4.78 is 14.6. The Hall–Kier alpha value is -0.320. The summed E-state index contributed by atoms with van der Waals surface area (Å²) in [5.74, 6) is 0. The van der Waals surface area contributed by atoms with Crippen LogP contribution in [-0.2, 0) is 9.47 Å². The smallest absolute Gasteiger partial charge is 0.128 e. The lowest BCUT2D eigenvalue weighted by Crippen LogP contribution is -2.60. The Labute approximate surface area is 234 Å². The van der Waals surface area contributed by atoms with E-state index in [2.05, 4.69) is 83.6 Å². The van der Waals surface area contributed by atoms with Crippen molar-refractivity contribution in [3.8, 4) is 0 Å². The predicted octanol–water partition coefficient (Wildman–Crippen LogP) is 4.77. The lowest BCUT2D eigenvalue weighted by atomic mass is 9.80. The summed E-state index contributed by atoms with van der Waals surface area (Å²) in [7, 11) is 9.32. The molecule has 0 amide bonds. The number of hydroxylamine groups is 4. The highest BCUT2D eigenvalue weighted by Gasteiger charge is 2.46. The summed E-state index contributed by atoms with van der Waals surface area (Å²) in [6.45, 7) is 22.8. The Morgan fingerprint density at radius 2 is 0.816 bits per heavy atom. The van der Waals surface area contributed by atoms with Crippen LogP contribution in [0.3, 0.4) is 0 Å². The Balaban J connectivity index is 1.67. The van der Waals surface area contributed by atoms with Gasteiger partial charge in [0.15, 0.2) is 0 Å². The minimum Gasteiger partial charge on any atom is -0.378 e. The van der Waals surface area contributed by atoms with E-state index in [4.69, 9.17) is 9.47 Å². The molecule has 2 saturated heterocycles. The first-order valence-electron chi connectivity index (χ1n) is 14.9. The van der Waals surface area contributed by atoms with Crippen molar-refractivity contribution < 1.29 is 28.9 Å². The lowest BCUT2D eigenvalue weighted by molar-refractivity contribution is -0.946. The highest BCUT2D eigenvalue weighted by Crippen LogP contribution is 2.39. The van der Waals surface area contributed by atoms with Gasteiger partial charge in [0.2, 0.25) is 0 Å². The van der Waals surface area contributed by atoms with Crippen molar-refractivity contribution in [2.24, 2.45) is 0 Å². The van der Waals surface area contributed by atoms with Crippen molar-refractivity contribution in [3.05, 3.63) is 0 Å². The average molecular weight is 545 g/mol. The fourth-order valence-corrected chi connectivity index (χ4v) is 6.84. The van der Waals surface area contributed by atoms with Crippen LogP contribution in [0, 0.1) is 0 Å². The van der Waals surface area contributed by atoms with Crippen molar-refractivity contribution in [1.29, 1.82) is 0 Å². The quantitative estimate of drug-likeness (QED) is 0.257. The molecule has 0 aliphatic carbocycles. The van der Waals surface area contributed by atoms with Gasteiger partial charge < -0.3 is 28.9 Å². The minimum atomic E-state index is -0.263. The second-order valence-corrected chi connectivity index (χ2v) is 16.1. The summed E-state index contributed by atoms with van der Waals surface area (Å²) in [4.78, 5) is 0. The topological polar surface area (TPSA) is 65.4 Å². The first kappa shape index (κ1) is 33.9. The molecule has 0 unspecified atom stereocenters. The van der Waals surface area contributed by atoms with E-state index in [9.17, 15) is 10.4 Å². The number of hydrogen-bond donors (Lipinski definition) is 2. The Morgan fingerprint density at radius 1 is 0.553 bits per heavy atom. The van der Waals surface area contributed by atoms with Gasteiger partial charge in [-0.3, -0.25) is 0 Å². The molecule has 2 N–H and O–H groups in total. The molecular weight excluding hydrogens is 480 g/mol. The fraction of sp³-hybridized carbons (Fsp3) is 1.00. The molecule has 0 saturated carbocycles. The Bertz CT molecular complexity index is 653. The molecule has 38 heavy (non-hydrogen) atoms. The van der Waals surface area contributed by atoms with Crippen LogP contribution < -0.4 is 0 Å². The zero-order valence-electron chi connectivity index (χ0n) is 27.1. The first-order chi connectivity index (χ1) is 17.1. The maximum atomic E-state index is 10.5. The van der Waals surface area contributed by atoms with Gasteiger partial charge in [-0.15, -0.1) is 0 Å². The second-order valence-electron chi connectivity index (χ2n) is 16.1. The Morgan fingerprint density at radius 3 is 1.08 bits per heavy atom. The van der Waals surface area contributed by atoms with E-state index in [1.165, 1.54) is 10.1 Å². The third-order valence-corrected chi connectivity index (χ3v) is 9.04. The number of quaternary nitrogens is 2. The zero-order valence-corrected chi connectivity index (χ0v) is 27.1. The Kier molecular flexibility index (Phi) is 10.9. The van der Waals surface area contributed by atoms with E-state index >= 15 is 0 Å². The van der Waals surface area contributed by atoms with Gasteiger partial charge in [0.25, 0.3) is 0 Å². The molecule has 0 aromatic rings. The standard InChI is InChI=1S/C30H64N4O4/c1-27(2)21-25(22-28(3,4)31(27)35)37-19-13-15-33(9,10)17-18-34(11,12)16-14-20-38-26-23-29(5,6)32(36)30(7,8)24-26/h25-26,35-36H,13-24H2,1-12H3/q+2. The molecule has 0 atom stereocenters. The van der Waals surface area contributed by atoms with Gasteiger partial charge in [0.1, 0.15) is 13.1 Å². The van der Waals surface area contributed by atoms with Crippen LogP contribution in [0.25, 0.3) is 0 Å². The van der Waals surface area contributed by atoms with E-state index in [1.807, 2.05) is 0 Å². The van der Waals surface area contributed by atoms with Crippen LogP contribution in [0.1, 0.15) is 93.9 Å². The molecule has 0 aromatic carbocycles. The van der Waals surface area contributed by atoms with Crippen molar-refractivity contribution in [1.82, 2.24) is 10.1 Å². The minimum absolute atomic E-state index is 0.199. The highest BCUT2D eigenvalue weighted by atomic mass is 16.5. The summed E-state index contributed by atoms with van der Waals surface area (Å²) in [6, 6.07) is 0. The van der Waals surface area contributed by atoms with E-state index in [-0.39, 0.29) is 34.4 Å². The maximum absolute atomic E-state index is 10.5. The molecule has 2 aliphatic rings. The van der Waals surface area contributed by atoms with Gasteiger partial charge >= 0.3 is 0 Å². The SMILES string of the molecule is CC1(C)CC(OCCC[N+](C)(C)CC[N+](C)(C)CCCOC2CC(C)(C)N(O)C(C)(C)C2)CC(C)(C)N1O. The maximum Gasteiger partial charge on any atom is 0.128 e. The molecule has 2 heterocycles. The number of likely N-dealkylation sites (N-methyl/N-ethyl adjacent to an activating group) is 2. The summed E-state index contributed by atoms with van der Waals surface area (Å²) in [5.41, 5.74) is -1.05. The van der Waals surface area contributed by atoms with Gasteiger partial charge in [-0.1, -0.05) is 0 Å². The molecule has 2 aliphatic heterocycles. The van der Waals surface area contributed by atoms with E-state index in [0.717, 1.165) is 86.9 Å². The molecule has 8 heteroatoms. The highest BCUT2D eigenvalue weighted by molar-refractivity contribution is 4.97. The van der Waals surface area contributed by atoms with Crippen LogP contribution in [0.4, 0.5) is 0 Å². The summed E-state index contributed by atoms with van der Waals surface area (Å²) in [6.07, 6.45) is 5.93. The van der Waals surface area contributed by atoms with Gasteiger partial charge in [-0.2, -0.15) is 10.1 Å². The summed E-state index contributed by atoms with van der Waals surface area (Å²) >= 11 is 0. The molecule has 8 nitrogen and oxygen atoms in total. The average Bonchev–Trinajstić information content (AvgIpc) is 2.74. The van der Waals surface area contributed by atoms with Gasteiger partial charge in [-0.25, -0.2) is 0 Å². The molecule has 2 rings (SSSR count). The first-order valence-corrected chi connectivity index (χ1v) is 14.9. The van der Waals surface area contributed by atoms with Gasteiger partial charge in [0, 0.05) is 35.0 Å². The van der Waals surface area contributed by atoms with Crippen LogP contribution in [0.5, 0.6) is 0 Å². The normalized spacial score (nSPS) is 25.1. The molecule has 0 radical (unpaired) electrons. The lowest BCUT2D eigenvalue weighted by Gasteiger charge is -2.51. The third-order valence-electron chi connectivity index (χ3n) is 9.04. The number of rotatable bonds is 13. The molecule has 2 fully saturated rings. The van der Waals surface area contributed by atoms with Crippen molar-refractivity contribution in [3.63, 3.8) is 0 Å². The van der Waals surface area contributed by atoms with Crippen molar-refractivity contribution >= 4 is 0 Å². The van der Waals surface area contributed by atoms with Crippen molar-refractivity contribution in [2.45, 2.75) is 128 Å². The van der Waals surface area contributed by atoms with E-state index in [1.54, 1.807) is 0 Å². The number of ether oxygens (including phenoxy) is 2. The van der Waals surface area contributed by atoms with Crippen LogP contribution in [-0.4, -0.2) is 131 Å². The fourth-order valence-electron chi connectivity index (χ4n) is 6.84. The third kappa shape index (κ3) is 9.65. The zero-order chi connectivity index (χ0) is 29.2. The number of hydrogen-bond acceptors (Lipinski definition) is 6.